The summed E-state index contributed by atoms with van der Waals surface area (Å²) in [5, 5.41) is 13.1. The molecule has 1 aliphatic heterocycles. The molecular weight excluding hydrogens is 256 g/mol. The van der Waals surface area contributed by atoms with Gasteiger partial charge in [0.1, 0.15) is 0 Å². The molecule has 1 N–H and O–H groups in total. The van der Waals surface area contributed by atoms with E-state index in [1.54, 1.807) is 11.9 Å². The molecule has 2 heterocycles. The second-order valence-electron chi connectivity index (χ2n) is 5.82. The predicted octanol–water partition coefficient (Wildman–Crippen LogP) is 0.782. The highest BCUT2D eigenvalue weighted by Gasteiger charge is 2.22. The number of nitrogens with zero attached hydrogens (tertiary/aromatic N) is 5. The molecule has 7 nitrogen and oxygen atoms in total. The first-order chi connectivity index (χ1) is 9.58. The van der Waals surface area contributed by atoms with Crippen molar-refractivity contribution in [2.24, 2.45) is 5.92 Å². The van der Waals surface area contributed by atoms with Crippen LogP contribution < -0.4 is 0 Å². The minimum absolute atomic E-state index is 0.141. The number of hydrogen-bond acceptors (Lipinski definition) is 5. The summed E-state index contributed by atoms with van der Waals surface area (Å²) in [7, 11) is 1.79. The van der Waals surface area contributed by atoms with Crippen LogP contribution in [-0.2, 0) is 0 Å². The van der Waals surface area contributed by atoms with E-state index in [-0.39, 0.29) is 11.7 Å². The molecule has 0 aromatic carbocycles. The van der Waals surface area contributed by atoms with E-state index in [1.165, 1.54) is 25.9 Å². The minimum Gasteiger partial charge on any atom is -0.339 e. The lowest BCUT2D eigenvalue weighted by Crippen LogP contribution is -2.39. The molecule has 2 rings (SSSR count). The van der Waals surface area contributed by atoms with Gasteiger partial charge in [-0.1, -0.05) is 0 Å². The highest BCUT2D eigenvalue weighted by molar-refractivity contribution is 5.89. The summed E-state index contributed by atoms with van der Waals surface area (Å²) in [6, 6.07) is 0.637. The average molecular weight is 280 g/mol. The normalized spacial score (nSPS) is 17.6. The Morgan fingerprint density at radius 1 is 1.45 bits per heavy atom. The number of rotatable bonds is 5. The zero-order valence-corrected chi connectivity index (χ0v) is 12.5. The number of H-pyrrole nitrogens is 1. The number of amides is 1. The highest BCUT2D eigenvalue weighted by Crippen LogP contribution is 2.22. The van der Waals surface area contributed by atoms with Crippen LogP contribution in [-0.4, -0.2) is 69.1 Å². The topological polar surface area (TPSA) is 78.0 Å². The molecule has 0 atom stereocenters. The summed E-state index contributed by atoms with van der Waals surface area (Å²) in [6.07, 6.45) is 3.50. The van der Waals surface area contributed by atoms with Crippen LogP contribution in [0.3, 0.4) is 0 Å². The first-order valence-corrected chi connectivity index (χ1v) is 7.31. The molecule has 0 spiro atoms. The third-order valence-electron chi connectivity index (χ3n) is 4.14. The summed E-state index contributed by atoms with van der Waals surface area (Å²) in [4.78, 5) is 16.2. The molecule has 1 aromatic heterocycles. The Hall–Kier alpha value is -1.50. The van der Waals surface area contributed by atoms with Crippen molar-refractivity contribution < 1.29 is 4.79 Å². The largest absolute Gasteiger partial charge is 0.339 e. The molecule has 0 bridgehead atoms. The number of likely N-dealkylation sites (tertiary alicyclic amines) is 1. The number of carbonyl (C=O) groups excluding carboxylic acids is 1. The van der Waals surface area contributed by atoms with Gasteiger partial charge in [-0.05, 0) is 57.3 Å². The molecule has 0 unspecified atom stereocenters. The molecule has 112 valence electrons. The van der Waals surface area contributed by atoms with Crippen molar-refractivity contribution in [3.63, 3.8) is 0 Å². The smallest absolute Gasteiger partial charge is 0.295 e. The van der Waals surface area contributed by atoms with Crippen LogP contribution in [0.25, 0.3) is 0 Å². The Balaban J connectivity index is 1.72. The van der Waals surface area contributed by atoms with Crippen LogP contribution in [0.2, 0.25) is 0 Å². The fraction of sp³-hybridized carbons (Fsp3) is 0.846. The van der Waals surface area contributed by atoms with E-state index in [2.05, 4.69) is 39.4 Å². The number of aromatic nitrogens is 4. The van der Waals surface area contributed by atoms with Crippen LogP contribution in [0.15, 0.2) is 0 Å². The van der Waals surface area contributed by atoms with Gasteiger partial charge in [0.25, 0.3) is 11.7 Å². The zero-order chi connectivity index (χ0) is 14.5. The molecular formula is C13H24N6O. The van der Waals surface area contributed by atoms with Crippen molar-refractivity contribution in [3.8, 4) is 0 Å². The van der Waals surface area contributed by atoms with E-state index in [0.29, 0.717) is 12.0 Å². The Morgan fingerprint density at radius 3 is 2.70 bits per heavy atom. The van der Waals surface area contributed by atoms with E-state index in [9.17, 15) is 4.79 Å². The summed E-state index contributed by atoms with van der Waals surface area (Å²) >= 11 is 0. The van der Waals surface area contributed by atoms with Crippen LogP contribution in [0, 0.1) is 5.92 Å². The lowest BCUT2D eigenvalue weighted by atomic mass is 9.93. The molecule has 7 heteroatoms. The fourth-order valence-electron chi connectivity index (χ4n) is 2.66. The van der Waals surface area contributed by atoms with Crippen molar-refractivity contribution in [2.75, 3.05) is 26.7 Å². The average Bonchev–Trinajstić information content (AvgIpc) is 2.98. The highest BCUT2D eigenvalue weighted by atomic mass is 16.2. The van der Waals surface area contributed by atoms with Crippen molar-refractivity contribution >= 4 is 5.91 Å². The first-order valence-electron chi connectivity index (χ1n) is 7.31. The predicted molar refractivity (Wildman–Crippen MR) is 75.2 cm³/mol. The van der Waals surface area contributed by atoms with Gasteiger partial charge >= 0.3 is 0 Å². The van der Waals surface area contributed by atoms with Gasteiger partial charge in [0.05, 0.1) is 0 Å². The van der Waals surface area contributed by atoms with E-state index in [0.717, 1.165) is 13.0 Å². The summed E-state index contributed by atoms with van der Waals surface area (Å²) in [5.41, 5.74) is 0. The molecule has 1 amide bonds. The minimum atomic E-state index is -0.168. The van der Waals surface area contributed by atoms with Gasteiger partial charge in [-0.2, -0.15) is 5.21 Å². The number of carbonyl (C=O) groups is 1. The van der Waals surface area contributed by atoms with Gasteiger partial charge in [-0.3, -0.25) is 4.79 Å². The summed E-state index contributed by atoms with van der Waals surface area (Å²) in [5.74, 6) is 0.686. The van der Waals surface area contributed by atoms with Gasteiger partial charge < -0.3 is 9.80 Å². The summed E-state index contributed by atoms with van der Waals surface area (Å²) in [6.45, 7) is 7.59. The standard InChI is InChI=1S/C13H24N6O/c1-10(2)19-8-5-11(6-9-19)4-7-18(3)13(20)12-14-16-17-15-12/h10-11H,4-9H2,1-3H3,(H,14,15,16,17). The lowest BCUT2D eigenvalue weighted by Gasteiger charge is -2.35. The first kappa shape index (κ1) is 14.9. The second-order valence-corrected chi connectivity index (χ2v) is 5.82. The van der Waals surface area contributed by atoms with Gasteiger partial charge in [0.2, 0.25) is 0 Å². The number of nitrogens with one attached hydrogen (secondary N) is 1. The fourth-order valence-corrected chi connectivity index (χ4v) is 2.66. The SMILES string of the molecule is CC(C)N1CCC(CCN(C)C(=O)c2nn[nH]n2)CC1. The van der Waals surface area contributed by atoms with Gasteiger partial charge in [-0.25, -0.2) is 0 Å². The second kappa shape index (κ2) is 6.78. The molecule has 0 radical (unpaired) electrons. The van der Waals surface area contributed by atoms with Gasteiger partial charge in [0.15, 0.2) is 0 Å². The lowest BCUT2D eigenvalue weighted by molar-refractivity contribution is 0.0762. The van der Waals surface area contributed by atoms with E-state index in [1.807, 2.05) is 0 Å². The Morgan fingerprint density at radius 2 is 2.15 bits per heavy atom. The third kappa shape index (κ3) is 3.75. The van der Waals surface area contributed by atoms with Crippen LogP contribution in [0.1, 0.15) is 43.7 Å². The van der Waals surface area contributed by atoms with Gasteiger partial charge in [0, 0.05) is 19.6 Å². The van der Waals surface area contributed by atoms with E-state index < -0.39 is 0 Å². The maximum absolute atomic E-state index is 12.0. The molecule has 1 saturated heterocycles. The van der Waals surface area contributed by atoms with Crippen molar-refractivity contribution in [1.29, 1.82) is 0 Å². The number of tetrazole rings is 1. The maximum Gasteiger partial charge on any atom is 0.295 e. The van der Waals surface area contributed by atoms with Crippen LogP contribution >= 0.6 is 0 Å². The number of aromatic amines is 1. The Labute approximate surface area is 119 Å². The van der Waals surface area contributed by atoms with Crippen LogP contribution in [0.4, 0.5) is 0 Å². The Kier molecular flexibility index (Phi) is 5.05. The number of piperidine rings is 1. The maximum atomic E-state index is 12.0. The van der Waals surface area contributed by atoms with Crippen molar-refractivity contribution in [3.05, 3.63) is 5.82 Å². The van der Waals surface area contributed by atoms with Crippen molar-refractivity contribution in [1.82, 2.24) is 30.4 Å². The van der Waals surface area contributed by atoms with E-state index in [4.69, 9.17) is 0 Å². The third-order valence-corrected chi connectivity index (χ3v) is 4.14. The Bertz CT molecular complexity index is 411. The van der Waals surface area contributed by atoms with E-state index >= 15 is 0 Å². The molecule has 1 aliphatic rings. The van der Waals surface area contributed by atoms with Crippen molar-refractivity contribution in [2.45, 2.75) is 39.2 Å². The monoisotopic (exact) mass is 280 g/mol. The molecule has 1 fully saturated rings. The zero-order valence-electron chi connectivity index (χ0n) is 12.5. The van der Waals surface area contributed by atoms with Gasteiger partial charge in [-0.15, -0.1) is 10.2 Å². The molecule has 20 heavy (non-hydrogen) atoms. The number of hydrogen-bond donors (Lipinski definition) is 1. The molecule has 0 aliphatic carbocycles. The molecule has 0 saturated carbocycles. The summed E-state index contributed by atoms with van der Waals surface area (Å²) < 4.78 is 0. The van der Waals surface area contributed by atoms with Crippen LogP contribution in [0.5, 0.6) is 0 Å². The molecule has 1 aromatic rings. The quantitative estimate of drug-likeness (QED) is 0.862.